The van der Waals surface area contributed by atoms with E-state index in [-0.39, 0.29) is 12.5 Å². The number of aryl methyl sites for hydroxylation is 3. The van der Waals surface area contributed by atoms with E-state index in [1.807, 2.05) is 0 Å². The molecule has 1 aromatic rings. The van der Waals surface area contributed by atoms with Gasteiger partial charge in [-0.25, -0.2) is 0 Å². The minimum absolute atomic E-state index is 0.158. The minimum atomic E-state index is -0.616. The van der Waals surface area contributed by atoms with Crippen molar-refractivity contribution in [2.45, 2.75) is 46.1 Å². The molecule has 0 fully saturated rings. The van der Waals surface area contributed by atoms with E-state index in [1.54, 1.807) is 0 Å². The number of hydrogen-bond donors (Lipinski definition) is 2. The predicted molar refractivity (Wildman–Crippen MR) is 66.8 cm³/mol. The maximum absolute atomic E-state index is 9.48. The zero-order valence-corrected chi connectivity index (χ0v) is 10.6. The Morgan fingerprint density at radius 1 is 1.12 bits per heavy atom. The molecular formula is C14H22O2. The van der Waals surface area contributed by atoms with Crippen molar-refractivity contribution in [2.75, 3.05) is 6.61 Å². The van der Waals surface area contributed by atoms with Gasteiger partial charge in [-0.3, -0.25) is 0 Å². The van der Waals surface area contributed by atoms with Crippen molar-refractivity contribution in [3.05, 3.63) is 34.4 Å². The van der Waals surface area contributed by atoms with Crippen LogP contribution in [0.15, 0.2) is 12.1 Å². The molecule has 90 valence electrons. The first-order chi connectivity index (χ1) is 7.45. The zero-order chi connectivity index (χ0) is 12.3. The van der Waals surface area contributed by atoms with E-state index in [2.05, 4.69) is 39.8 Å². The number of aliphatic hydroxyl groups excluding tert-OH is 2. The van der Waals surface area contributed by atoms with Crippen molar-refractivity contribution < 1.29 is 10.2 Å². The van der Waals surface area contributed by atoms with Crippen LogP contribution in [0.4, 0.5) is 0 Å². The van der Waals surface area contributed by atoms with Crippen molar-refractivity contribution in [1.82, 2.24) is 0 Å². The molecule has 1 aromatic carbocycles. The molecule has 0 spiro atoms. The molecular weight excluding hydrogens is 200 g/mol. The fraction of sp³-hybridized carbons (Fsp3) is 0.571. The lowest BCUT2D eigenvalue weighted by Crippen LogP contribution is -2.16. The highest BCUT2D eigenvalue weighted by Gasteiger charge is 2.15. The number of hydrogen-bond acceptors (Lipinski definition) is 2. The quantitative estimate of drug-likeness (QED) is 0.821. The molecule has 2 heteroatoms. The van der Waals surface area contributed by atoms with E-state index in [0.29, 0.717) is 6.42 Å². The van der Waals surface area contributed by atoms with Crippen LogP contribution in [0.3, 0.4) is 0 Å². The summed E-state index contributed by atoms with van der Waals surface area (Å²) < 4.78 is 0. The standard InChI is InChI=1S/C14H22O2/c1-9-5-10(2)14(11(3)6-9)12(4)7-13(16)8-15/h5-6,12-13,15-16H,7-8H2,1-4H3. The van der Waals surface area contributed by atoms with Crippen LogP contribution < -0.4 is 0 Å². The summed E-state index contributed by atoms with van der Waals surface area (Å²) >= 11 is 0. The zero-order valence-electron chi connectivity index (χ0n) is 10.6. The summed E-state index contributed by atoms with van der Waals surface area (Å²) in [6, 6.07) is 4.34. The number of benzene rings is 1. The van der Waals surface area contributed by atoms with Gasteiger partial charge in [0.1, 0.15) is 0 Å². The Labute approximate surface area is 97.9 Å². The molecule has 16 heavy (non-hydrogen) atoms. The highest BCUT2D eigenvalue weighted by Crippen LogP contribution is 2.28. The van der Waals surface area contributed by atoms with Crippen molar-refractivity contribution in [3.8, 4) is 0 Å². The lowest BCUT2D eigenvalue weighted by Gasteiger charge is -2.20. The van der Waals surface area contributed by atoms with E-state index >= 15 is 0 Å². The molecule has 0 aliphatic carbocycles. The molecule has 0 heterocycles. The molecule has 0 aromatic heterocycles. The molecule has 2 nitrogen and oxygen atoms in total. The van der Waals surface area contributed by atoms with E-state index in [0.717, 1.165) is 0 Å². The second-order valence-electron chi connectivity index (χ2n) is 4.79. The highest BCUT2D eigenvalue weighted by molar-refractivity contribution is 5.39. The Kier molecular flexibility index (Phi) is 4.51. The van der Waals surface area contributed by atoms with Crippen LogP contribution in [-0.4, -0.2) is 22.9 Å². The Hall–Kier alpha value is -0.860. The summed E-state index contributed by atoms with van der Waals surface area (Å²) in [6.07, 6.45) is -0.00330. The van der Waals surface area contributed by atoms with Crippen molar-refractivity contribution >= 4 is 0 Å². The third kappa shape index (κ3) is 3.06. The Bertz CT molecular complexity index is 335. The maximum atomic E-state index is 9.48. The Morgan fingerprint density at radius 2 is 1.62 bits per heavy atom. The fourth-order valence-electron chi connectivity index (χ4n) is 2.57. The average molecular weight is 222 g/mol. The second kappa shape index (κ2) is 5.46. The van der Waals surface area contributed by atoms with Crippen molar-refractivity contribution in [1.29, 1.82) is 0 Å². The summed E-state index contributed by atoms with van der Waals surface area (Å²) in [6.45, 7) is 8.25. The first-order valence-electron chi connectivity index (χ1n) is 5.82. The summed E-state index contributed by atoms with van der Waals surface area (Å²) in [7, 11) is 0. The van der Waals surface area contributed by atoms with Crippen LogP contribution in [0.2, 0.25) is 0 Å². The van der Waals surface area contributed by atoms with Crippen molar-refractivity contribution in [2.24, 2.45) is 0 Å². The van der Waals surface area contributed by atoms with E-state index < -0.39 is 6.10 Å². The van der Waals surface area contributed by atoms with E-state index in [9.17, 15) is 5.11 Å². The van der Waals surface area contributed by atoms with Crippen LogP contribution in [0.5, 0.6) is 0 Å². The van der Waals surface area contributed by atoms with Crippen LogP contribution in [0.25, 0.3) is 0 Å². The normalized spacial score (nSPS) is 14.9. The Balaban J connectivity index is 2.95. The van der Waals surface area contributed by atoms with Crippen LogP contribution in [0, 0.1) is 20.8 Å². The highest BCUT2D eigenvalue weighted by atomic mass is 16.3. The van der Waals surface area contributed by atoms with Gasteiger partial charge in [-0.05, 0) is 49.8 Å². The lowest BCUT2D eigenvalue weighted by molar-refractivity contribution is 0.0834. The molecule has 0 aliphatic rings. The van der Waals surface area contributed by atoms with Gasteiger partial charge in [0, 0.05) is 0 Å². The van der Waals surface area contributed by atoms with Gasteiger partial charge in [0.05, 0.1) is 12.7 Å². The lowest BCUT2D eigenvalue weighted by atomic mass is 9.87. The largest absolute Gasteiger partial charge is 0.394 e. The van der Waals surface area contributed by atoms with Gasteiger partial charge in [-0.15, -0.1) is 0 Å². The van der Waals surface area contributed by atoms with Gasteiger partial charge in [0.25, 0.3) is 0 Å². The SMILES string of the molecule is Cc1cc(C)c(C(C)CC(O)CO)c(C)c1. The molecule has 1 rings (SSSR count). The molecule has 0 bridgehead atoms. The number of rotatable bonds is 4. The van der Waals surface area contributed by atoms with Crippen LogP contribution in [-0.2, 0) is 0 Å². The van der Waals surface area contributed by atoms with Gasteiger partial charge in [0.15, 0.2) is 0 Å². The van der Waals surface area contributed by atoms with E-state index in [4.69, 9.17) is 5.11 Å². The summed E-state index contributed by atoms with van der Waals surface area (Å²) in [5.41, 5.74) is 5.12. The topological polar surface area (TPSA) is 40.5 Å². The average Bonchev–Trinajstić information content (AvgIpc) is 2.15. The third-order valence-corrected chi connectivity index (χ3v) is 3.07. The Morgan fingerprint density at radius 3 is 2.06 bits per heavy atom. The van der Waals surface area contributed by atoms with Crippen LogP contribution >= 0.6 is 0 Å². The third-order valence-electron chi connectivity index (χ3n) is 3.07. The molecule has 0 aliphatic heterocycles. The molecule has 2 unspecified atom stereocenters. The molecule has 2 atom stereocenters. The summed E-state index contributed by atoms with van der Waals surface area (Å²) in [4.78, 5) is 0. The second-order valence-corrected chi connectivity index (χ2v) is 4.79. The summed E-state index contributed by atoms with van der Waals surface area (Å²) in [5.74, 6) is 0.280. The maximum Gasteiger partial charge on any atom is 0.0776 e. The van der Waals surface area contributed by atoms with Crippen LogP contribution in [0.1, 0.15) is 41.5 Å². The first kappa shape index (κ1) is 13.2. The monoisotopic (exact) mass is 222 g/mol. The molecule has 0 saturated carbocycles. The smallest absolute Gasteiger partial charge is 0.0776 e. The molecule has 0 saturated heterocycles. The van der Waals surface area contributed by atoms with E-state index in [1.165, 1.54) is 22.3 Å². The first-order valence-corrected chi connectivity index (χ1v) is 5.82. The van der Waals surface area contributed by atoms with Gasteiger partial charge in [0.2, 0.25) is 0 Å². The van der Waals surface area contributed by atoms with Gasteiger partial charge in [-0.2, -0.15) is 0 Å². The molecule has 0 amide bonds. The summed E-state index contributed by atoms with van der Waals surface area (Å²) in [5, 5.41) is 18.3. The van der Waals surface area contributed by atoms with Gasteiger partial charge < -0.3 is 10.2 Å². The fourth-order valence-corrected chi connectivity index (χ4v) is 2.57. The minimum Gasteiger partial charge on any atom is -0.394 e. The number of aliphatic hydroxyl groups is 2. The molecule has 2 N–H and O–H groups in total. The van der Waals surface area contributed by atoms with Gasteiger partial charge in [-0.1, -0.05) is 24.6 Å². The van der Waals surface area contributed by atoms with Gasteiger partial charge >= 0.3 is 0 Å². The predicted octanol–water partition coefficient (Wildman–Crippen LogP) is 2.46. The van der Waals surface area contributed by atoms with Crippen molar-refractivity contribution in [3.63, 3.8) is 0 Å². The molecule has 0 radical (unpaired) electrons.